The Kier molecular flexibility index (Phi) is 4.55. The van der Waals surface area contributed by atoms with Crippen LogP contribution in [-0.4, -0.2) is 40.9 Å². The Bertz CT molecular complexity index is 701. The quantitative estimate of drug-likeness (QED) is 0.947. The molecule has 120 valence electrons. The summed E-state index contributed by atoms with van der Waals surface area (Å²) in [7, 11) is 1.87. The van der Waals surface area contributed by atoms with E-state index in [1.165, 1.54) is 5.56 Å². The lowest BCUT2D eigenvalue weighted by Crippen LogP contribution is -2.39. The zero-order chi connectivity index (χ0) is 16.2. The summed E-state index contributed by atoms with van der Waals surface area (Å²) in [6.07, 6.45) is 5.62. The van der Waals surface area contributed by atoms with E-state index in [9.17, 15) is 4.79 Å². The third kappa shape index (κ3) is 3.33. The molecule has 0 unspecified atom stereocenters. The molecular weight excluding hydrogens is 288 g/mol. The molecule has 23 heavy (non-hydrogen) atoms. The predicted molar refractivity (Wildman–Crippen MR) is 90.6 cm³/mol. The lowest BCUT2D eigenvalue weighted by molar-refractivity contribution is 0.0700. The predicted octanol–water partition coefficient (Wildman–Crippen LogP) is 2.85. The van der Waals surface area contributed by atoms with Gasteiger partial charge in [-0.2, -0.15) is 0 Å². The van der Waals surface area contributed by atoms with E-state index >= 15 is 0 Å². The number of anilines is 1. The van der Waals surface area contributed by atoms with Crippen LogP contribution in [0.5, 0.6) is 0 Å². The van der Waals surface area contributed by atoms with Gasteiger partial charge in [0.25, 0.3) is 5.91 Å². The van der Waals surface area contributed by atoms with Crippen LogP contribution in [0.4, 0.5) is 5.82 Å². The number of aromatic nitrogens is 2. The summed E-state index contributed by atoms with van der Waals surface area (Å²) in [4.78, 5) is 23.2. The van der Waals surface area contributed by atoms with Gasteiger partial charge < -0.3 is 10.2 Å². The molecule has 1 aliphatic rings. The molecule has 0 saturated carbocycles. The van der Waals surface area contributed by atoms with Gasteiger partial charge in [0.2, 0.25) is 0 Å². The maximum atomic E-state index is 12.8. The number of piperidine rings is 1. The molecule has 2 aromatic rings. The van der Waals surface area contributed by atoms with E-state index in [1.807, 2.05) is 43.3 Å². The Morgan fingerprint density at radius 3 is 2.96 bits per heavy atom. The highest BCUT2D eigenvalue weighted by molar-refractivity contribution is 5.93. The Morgan fingerprint density at radius 1 is 1.30 bits per heavy atom. The molecular formula is C18H22N4O. The number of pyridine rings is 2. The lowest BCUT2D eigenvalue weighted by atomic mass is 9.91. The molecule has 5 heteroatoms. The van der Waals surface area contributed by atoms with Crippen molar-refractivity contribution in [2.24, 2.45) is 0 Å². The first kappa shape index (κ1) is 15.5. The van der Waals surface area contributed by atoms with Crippen LogP contribution in [0.2, 0.25) is 0 Å². The van der Waals surface area contributed by atoms with Crippen LogP contribution in [0, 0.1) is 6.92 Å². The lowest BCUT2D eigenvalue weighted by Gasteiger charge is -2.33. The number of rotatable bonds is 3. The molecule has 0 spiro atoms. The van der Waals surface area contributed by atoms with Gasteiger partial charge in [0.1, 0.15) is 11.5 Å². The van der Waals surface area contributed by atoms with Crippen LogP contribution < -0.4 is 5.32 Å². The molecule has 0 aliphatic carbocycles. The minimum absolute atomic E-state index is 0.0377. The molecule has 5 nitrogen and oxygen atoms in total. The second kappa shape index (κ2) is 6.77. The summed E-state index contributed by atoms with van der Waals surface area (Å²) in [6, 6.07) is 7.92. The van der Waals surface area contributed by atoms with Crippen LogP contribution in [-0.2, 0) is 0 Å². The zero-order valence-electron chi connectivity index (χ0n) is 13.6. The van der Waals surface area contributed by atoms with Gasteiger partial charge in [-0.1, -0.05) is 6.07 Å². The highest BCUT2D eigenvalue weighted by atomic mass is 16.2. The summed E-state index contributed by atoms with van der Waals surface area (Å²) < 4.78 is 0. The van der Waals surface area contributed by atoms with Crippen molar-refractivity contribution in [1.82, 2.24) is 14.9 Å². The standard InChI is InChI=1S/C18H22N4O/c1-13-5-3-8-21-17(13)18(23)22-10-4-6-15(12-22)14-7-9-20-16(11-14)19-2/h3,5,7-9,11,15H,4,6,10,12H2,1-2H3,(H,19,20)/t15-/m0/s1. The normalized spacial score (nSPS) is 17.8. The van der Waals surface area contributed by atoms with E-state index in [-0.39, 0.29) is 5.91 Å². The third-order valence-electron chi connectivity index (χ3n) is 4.43. The van der Waals surface area contributed by atoms with Gasteiger partial charge in [-0.3, -0.25) is 9.78 Å². The number of amides is 1. The van der Waals surface area contributed by atoms with Gasteiger partial charge in [-0.05, 0) is 49.1 Å². The van der Waals surface area contributed by atoms with Gasteiger partial charge in [0.15, 0.2) is 0 Å². The van der Waals surface area contributed by atoms with E-state index in [1.54, 1.807) is 6.20 Å². The summed E-state index contributed by atoms with van der Waals surface area (Å²) >= 11 is 0. The largest absolute Gasteiger partial charge is 0.373 e. The maximum absolute atomic E-state index is 12.8. The Labute approximate surface area is 136 Å². The number of nitrogens with one attached hydrogen (secondary N) is 1. The first-order chi connectivity index (χ1) is 11.2. The number of likely N-dealkylation sites (tertiary alicyclic amines) is 1. The Morgan fingerprint density at radius 2 is 2.17 bits per heavy atom. The van der Waals surface area contributed by atoms with Crippen molar-refractivity contribution in [2.75, 3.05) is 25.5 Å². The fourth-order valence-electron chi connectivity index (χ4n) is 3.13. The average molecular weight is 310 g/mol. The zero-order valence-corrected chi connectivity index (χ0v) is 13.6. The molecule has 1 amide bonds. The van der Waals surface area contributed by atoms with Crippen molar-refractivity contribution in [3.63, 3.8) is 0 Å². The molecule has 1 N–H and O–H groups in total. The van der Waals surface area contributed by atoms with E-state index in [0.717, 1.165) is 37.3 Å². The van der Waals surface area contributed by atoms with Crippen LogP contribution >= 0.6 is 0 Å². The molecule has 1 aliphatic heterocycles. The van der Waals surface area contributed by atoms with Gasteiger partial charge >= 0.3 is 0 Å². The summed E-state index contributed by atoms with van der Waals surface area (Å²) in [6.45, 7) is 3.47. The number of aryl methyl sites for hydroxylation is 1. The van der Waals surface area contributed by atoms with E-state index in [0.29, 0.717) is 11.6 Å². The highest BCUT2D eigenvalue weighted by Gasteiger charge is 2.27. The first-order valence-corrected chi connectivity index (χ1v) is 8.03. The molecule has 3 rings (SSSR count). The first-order valence-electron chi connectivity index (χ1n) is 8.03. The molecule has 1 atom stereocenters. The van der Waals surface area contributed by atoms with Crippen molar-refractivity contribution in [2.45, 2.75) is 25.7 Å². The minimum Gasteiger partial charge on any atom is -0.373 e. The van der Waals surface area contributed by atoms with Gasteiger partial charge in [0, 0.05) is 38.4 Å². The minimum atomic E-state index is 0.0377. The smallest absolute Gasteiger partial charge is 0.272 e. The molecule has 2 aromatic heterocycles. The molecule has 3 heterocycles. The van der Waals surface area contributed by atoms with Crippen LogP contribution in [0.15, 0.2) is 36.7 Å². The molecule has 1 saturated heterocycles. The van der Waals surface area contributed by atoms with Gasteiger partial charge in [-0.25, -0.2) is 4.98 Å². The highest BCUT2D eigenvalue weighted by Crippen LogP contribution is 2.28. The van der Waals surface area contributed by atoms with Crippen LogP contribution in [0.1, 0.15) is 40.4 Å². The van der Waals surface area contributed by atoms with Crippen molar-refractivity contribution in [1.29, 1.82) is 0 Å². The number of nitrogens with zero attached hydrogens (tertiary/aromatic N) is 3. The van der Waals surface area contributed by atoms with Crippen LogP contribution in [0.3, 0.4) is 0 Å². The van der Waals surface area contributed by atoms with Crippen molar-refractivity contribution < 1.29 is 4.79 Å². The second-order valence-corrected chi connectivity index (χ2v) is 5.98. The van der Waals surface area contributed by atoms with E-state index in [2.05, 4.69) is 21.4 Å². The maximum Gasteiger partial charge on any atom is 0.272 e. The number of carbonyl (C=O) groups is 1. The van der Waals surface area contributed by atoms with Crippen molar-refractivity contribution >= 4 is 11.7 Å². The second-order valence-electron chi connectivity index (χ2n) is 5.98. The summed E-state index contributed by atoms with van der Waals surface area (Å²) in [5.74, 6) is 1.26. The van der Waals surface area contributed by atoms with Crippen molar-refractivity contribution in [3.8, 4) is 0 Å². The molecule has 0 radical (unpaired) electrons. The Balaban J connectivity index is 1.78. The fourth-order valence-corrected chi connectivity index (χ4v) is 3.13. The van der Waals surface area contributed by atoms with E-state index < -0.39 is 0 Å². The average Bonchev–Trinajstić information content (AvgIpc) is 2.62. The topological polar surface area (TPSA) is 58.1 Å². The van der Waals surface area contributed by atoms with Crippen LogP contribution in [0.25, 0.3) is 0 Å². The van der Waals surface area contributed by atoms with E-state index in [4.69, 9.17) is 0 Å². The number of hydrogen-bond donors (Lipinski definition) is 1. The fraction of sp³-hybridized carbons (Fsp3) is 0.389. The third-order valence-corrected chi connectivity index (χ3v) is 4.43. The monoisotopic (exact) mass is 310 g/mol. The molecule has 1 fully saturated rings. The number of hydrogen-bond acceptors (Lipinski definition) is 4. The van der Waals surface area contributed by atoms with Gasteiger partial charge in [0.05, 0.1) is 0 Å². The molecule has 0 aromatic carbocycles. The SMILES string of the molecule is CNc1cc([C@H]2CCCN(C(=O)c3ncccc3C)C2)ccn1. The summed E-state index contributed by atoms with van der Waals surface area (Å²) in [5, 5.41) is 3.07. The number of carbonyl (C=O) groups excluding carboxylic acids is 1. The van der Waals surface area contributed by atoms with Crippen molar-refractivity contribution in [3.05, 3.63) is 53.5 Å². The van der Waals surface area contributed by atoms with Gasteiger partial charge in [-0.15, -0.1) is 0 Å². The molecule has 0 bridgehead atoms. The summed E-state index contributed by atoms with van der Waals surface area (Å²) in [5.41, 5.74) is 2.74. The Hall–Kier alpha value is -2.43.